The molecule has 1 aliphatic heterocycles. The molecule has 1 saturated heterocycles. The first kappa shape index (κ1) is 15.6. The number of benzene rings is 2. The van der Waals surface area contributed by atoms with Crippen LogP contribution in [0, 0.1) is 0 Å². The second-order valence-corrected chi connectivity index (χ2v) is 6.98. The molecule has 0 aromatic heterocycles. The van der Waals surface area contributed by atoms with Crippen LogP contribution in [-0.2, 0) is 4.74 Å². The van der Waals surface area contributed by atoms with E-state index in [1.807, 2.05) is 12.1 Å². The predicted molar refractivity (Wildman–Crippen MR) is 106 cm³/mol. The maximum absolute atomic E-state index is 6.48. The van der Waals surface area contributed by atoms with E-state index in [0.29, 0.717) is 0 Å². The first-order valence-electron chi connectivity index (χ1n) is 9.19. The highest BCUT2D eigenvalue weighted by molar-refractivity contribution is 5.77. The lowest BCUT2D eigenvalue weighted by Crippen LogP contribution is -2.57. The van der Waals surface area contributed by atoms with Crippen molar-refractivity contribution in [3.05, 3.63) is 108 Å². The number of hydrogen-bond acceptors (Lipinski definition) is 2. The third-order valence-corrected chi connectivity index (χ3v) is 5.28. The Kier molecular flexibility index (Phi) is 3.93. The van der Waals surface area contributed by atoms with Crippen LogP contribution < -0.4 is 5.32 Å². The van der Waals surface area contributed by atoms with Gasteiger partial charge in [0.25, 0.3) is 0 Å². The molecule has 128 valence electrons. The number of rotatable bonds is 2. The summed E-state index contributed by atoms with van der Waals surface area (Å²) >= 11 is 0. The molecule has 2 aliphatic carbocycles. The summed E-state index contributed by atoms with van der Waals surface area (Å²) in [5.74, 6) is 0. The van der Waals surface area contributed by atoms with Gasteiger partial charge >= 0.3 is 0 Å². The van der Waals surface area contributed by atoms with Gasteiger partial charge in [-0.15, -0.1) is 0 Å². The van der Waals surface area contributed by atoms with Crippen molar-refractivity contribution in [2.24, 2.45) is 0 Å². The van der Waals surface area contributed by atoms with E-state index in [1.54, 1.807) is 0 Å². The van der Waals surface area contributed by atoms with Crippen LogP contribution in [0.2, 0.25) is 0 Å². The molecule has 1 N–H and O–H groups in total. The SMILES string of the molecule is C1=CC2NC3C=CC(c4ccccc4)=CC3OC2C=C1c1ccccc1. The standard InChI is InChI=1S/C24H21NO/c1-3-7-17(8-4-1)19-11-13-21-23(15-19)26-24-16-20(12-14-22(24)25-21)18-9-5-2-6-10-18/h1-16,21-25H. The zero-order valence-electron chi connectivity index (χ0n) is 14.5. The summed E-state index contributed by atoms with van der Waals surface area (Å²) in [6.07, 6.45) is 13.5. The highest BCUT2D eigenvalue weighted by atomic mass is 16.5. The van der Waals surface area contributed by atoms with Gasteiger partial charge in [0.2, 0.25) is 0 Å². The van der Waals surface area contributed by atoms with Gasteiger partial charge in [-0.25, -0.2) is 0 Å². The van der Waals surface area contributed by atoms with Crippen molar-refractivity contribution in [2.45, 2.75) is 24.3 Å². The predicted octanol–water partition coefficient (Wildman–Crippen LogP) is 4.39. The average Bonchev–Trinajstić information content (AvgIpc) is 2.73. The number of nitrogens with one attached hydrogen (secondary N) is 1. The van der Waals surface area contributed by atoms with Crippen LogP contribution in [0.1, 0.15) is 11.1 Å². The Hall–Kier alpha value is -2.68. The molecule has 2 aromatic carbocycles. The van der Waals surface area contributed by atoms with Crippen molar-refractivity contribution in [2.75, 3.05) is 0 Å². The van der Waals surface area contributed by atoms with E-state index in [-0.39, 0.29) is 24.3 Å². The molecular formula is C24H21NO. The molecule has 0 radical (unpaired) electrons. The molecule has 3 aliphatic rings. The van der Waals surface area contributed by atoms with E-state index in [1.165, 1.54) is 22.3 Å². The molecule has 4 unspecified atom stereocenters. The van der Waals surface area contributed by atoms with Crippen LogP contribution in [0.5, 0.6) is 0 Å². The second kappa shape index (κ2) is 6.56. The molecule has 5 rings (SSSR count). The summed E-state index contributed by atoms with van der Waals surface area (Å²) in [5, 5.41) is 3.71. The Morgan fingerprint density at radius 1 is 0.615 bits per heavy atom. The van der Waals surface area contributed by atoms with Crippen molar-refractivity contribution in [3.8, 4) is 0 Å². The summed E-state index contributed by atoms with van der Waals surface area (Å²) in [5.41, 5.74) is 4.92. The Balaban J connectivity index is 1.41. The largest absolute Gasteiger partial charge is 0.363 e. The van der Waals surface area contributed by atoms with Crippen molar-refractivity contribution in [1.82, 2.24) is 5.32 Å². The minimum atomic E-state index is 0.0521. The summed E-state index contributed by atoms with van der Waals surface area (Å²) < 4.78 is 6.48. The van der Waals surface area contributed by atoms with Gasteiger partial charge in [-0.05, 0) is 34.4 Å². The maximum atomic E-state index is 6.48. The maximum Gasteiger partial charge on any atom is 0.0962 e. The highest BCUT2D eigenvalue weighted by Crippen LogP contribution is 2.31. The Bertz CT molecular complexity index is 832. The molecule has 0 amide bonds. The molecule has 0 bridgehead atoms. The number of allylic oxidation sites excluding steroid dienone is 4. The summed E-state index contributed by atoms with van der Waals surface area (Å²) in [6, 6.07) is 21.4. The average molecular weight is 339 g/mol. The molecule has 1 fully saturated rings. The minimum Gasteiger partial charge on any atom is -0.363 e. The van der Waals surface area contributed by atoms with E-state index in [9.17, 15) is 0 Å². The van der Waals surface area contributed by atoms with Gasteiger partial charge in [0.15, 0.2) is 0 Å². The molecule has 1 heterocycles. The zero-order chi connectivity index (χ0) is 17.3. The summed E-state index contributed by atoms with van der Waals surface area (Å²) in [7, 11) is 0. The molecule has 0 spiro atoms. The highest BCUT2D eigenvalue weighted by Gasteiger charge is 2.36. The number of hydrogen-bond donors (Lipinski definition) is 1. The van der Waals surface area contributed by atoms with Gasteiger partial charge in [0, 0.05) is 0 Å². The van der Waals surface area contributed by atoms with Crippen LogP contribution in [-0.4, -0.2) is 24.3 Å². The molecule has 0 saturated carbocycles. The van der Waals surface area contributed by atoms with Crippen molar-refractivity contribution < 1.29 is 4.74 Å². The molecule has 2 heteroatoms. The summed E-state index contributed by atoms with van der Waals surface area (Å²) in [6.45, 7) is 0. The molecule has 2 aromatic rings. The van der Waals surface area contributed by atoms with Crippen LogP contribution >= 0.6 is 0 Å². The fourth-order valence-corrected chi connectivity index (χ4v) is 3.90. The number of ether oxygens (including phenoxy) is 1. The topological polar surface area (TPSA) is 21.3 Å². The van der Waals surface area contributed by atoms with Gasteiger partial charge in [-0.1, -0.05) is 85.0 Å². The first-order valence-corrected chi connectivity index (χ1v) is 9.19. The number of fused-ring (bicyclic) bond motifs is 2. The fraction of sp³-hybridized carbons (Fsp3) is 0.167. The van der Waals surface area contributed by atoms with Gasteiger partial charge in [-0.3, -0.25) is 5.32 Å². The normalized spacial score (nSPS) is 29.4. The monoisotopic (exact) mass is 339 g/mol. The van der Waals surface area contributed by atoms with Gasteiger partial charge < -0.3 is 4.74 Å². The molecule has 26 heavy (non-hydrogen) atoms. The van der Waals surface area contributed by atoms with Crippen molar-refractivity contribution in [3.63, 3.8) is 0 Å². The smallest absolute Gasteiger partial charge is 0.0962 e. The third kappa shape index (κ3) is 2.88. The van der Waals surface area contributed by atoms with E-state index in [2.05, 4.69) is 90.3 Å². The Labute approximate surface area is 154 Å². The van der Waals surface area contributed by atoms with Gasteiger partial charge in [0.1, 0.15) is 0 Å². The van der Waals surface area contributed by atoms with Crippen molar-refractivity contribution >= 4 is 11.1 Å². The van der Waals surface area contributed by atoms with Crippen LogP contribution in [0.25, 0.3) is 11.1 Å². The lowest BCUT2D eigenvalue weighted by molar-refractivity contribution is -0.0206. The molecule has 4 atom stereocenters. The third-order valence-electron chi connectivity index (χ3n) is 5.28. The van der Waals surface area contributed by atoms with Crippen LogP contribution in [0.15, 0.2) is 97.1 Å². The fourth-order valence-electron chi connectivity index (χ4n) is 3.90. The first-order chi connectivity index (χ1) is 12.9. The quantitative estimate of drug-likeness (QED) is 0.876. The van der Waals surface area contributed by atoms with Crippen LogP contribution in [0.4, 0.5) is 0 Å². The lowest BCUT2D eigenvalue weighted by Gasteiger charge is -2.41. The van der Waals surface area contributed by atoms with Gasteiger partial charge in [-0.2, -0.15) is 0 Å². The van der Waals surface area contributed by atoms with E-state index in [4.69, 9.17) is 4.74 Å². The zero-order valence-corrected chi connectivity index (χ0v) is 14.5. The van der Waals surface area contributed by atoms with E-state index < -0.39 is 0 Å². The Morgan fingerprint density at radius 3 is 1.54 bits per heavy atom. The molecule has 2 nitrogen and oxygen atoms in total. The Morgan fingerprint density at radius 2 is 1.08 bits per heavy atom. The lowest BCUT2D eigenvalue weighted by atomic mass is 9.89. The van der Waals surface area contributed by atoms with Crippen molar-refractivity contribution in [1.29, 1.82) is 0 Å². The molecular weight excluding hydrogens is 318 g/mol. The second-order valence-electron chi connectivity index (χ2n) is 6.98. The van der Waals surface area contributed by atoms with Gasteiger partial charge in [0.05, 0.1) is 24.3 Å². The van der Waals surface area contributed by atoms with E-state index >= 15 is 0 Å². The minimum absolute atomic E-state index is 0.0521. The summed E-state index contributed by atoms with van der Waals surface area (Å²) in [4.78, 5) is 0. The van der Waals surface area contributed by atoms with E-state index in [0.717, 1.165) is 0 Å². The van der Waals surface area contributed by atoms with Crippen LogP contribution in [0.3, 0.4) is 0 Å². The number of morpholine rings is 1.